The number of furan rings is 1. The van der Waals surface area contributed by atoms with Gasteiger partial charge in [-0.3, -0.25) is 9.59 Å². The average molecular weight is 326 g/mol. The minimum atomic E-state index is -0.448. The maximum atomic E-state index is 12.3. The molecule has 0 spiro atoms. The second kappa shape index (κ2) is 6.23. The Morgan fingerprint density at radius 1 is 1.29 bits per heavy atom. The number of ether oxygens (including phenoxy) is 1. The summed E-state index contributed by atoms with van der Waals surface area (Å²) < 4.78 is 11.1. The van der Waals surface area contributed by atoms with Crippen molar-refractivity contribution in [1.29, 1.82) is 0 Å². The molecule has 1 aromatic carbocycles. The van der Waals surface area contributed by atoms with Crippen LogP contribution in [0.2, 0.25) is 0 Å². The molecule has 0 saturated heterocycles. The number of rotatable bonds is 4. The number of carbonyl (C=O) groups is 1. The van der Waals surface area contributed by atoms with Crippen LogP contribution < -0.4 is 15.6 Å². The second-order valence-corrected chi connectivity index (χ2v) is 5.61. The molecular formula is C18H18N2O4. The molecule has 1 unspecified atom stereocenters. The molecule has 24 heavy (non-hydrogen) atoms. The Balaban J connectivity index is 1.85. The SMILES string of the molecule is COc1cccc2cc(C(C)NC(=O)c3ccc(C)[nH]c3=O)oc12. The third kappa shape index (κ3) is 2.90. The lowest BCUT2D eigenvalue weighted by Crippen LogP contribution is -2.31. The van der Waals surface area contributed by atoms with Gasteiger partial charge in [-0.05, 0) is 38.1 Å². The first-order valence-electron chi connectivity index (χ1n) is 7.57. The van der Waals surface area contributed by atoms with Crippen LogP contribution in [0.25, 0.3) is 11.0 Å². The van der Waals surface area contributed by atoms with Gasteiger partial charge in [0.25, 0.3) is 11.5 Å². The van der Waals surface area contributed by atoms with E-state index >= 15 is 0 Å². The highest BCUT2D eigenvalue weighted by molar-refractivity contribution is 5.94. The number of hydrogen-bond acceptors (Lipinski definition) is 4. The van der Waals surface area contributed by atoms with Crippen molar-refractivity contribution in [2.24, 2.45) is 0 Å². The molecule has 0 radical (unpaired) electrons. The molecule has 1 amide bonds. The highest BCUT2D eigenvalue weighted by Gasteiger charge is 2.18. The first-order valence-corrected chi connectivity index (χ1v) is 7.57. The number of amides is 1. The normalized spacial score (nSPS) is 12.1. The average Bonchev–Trinajstić information content (AvgIpc) is 2.98. The van der Waals surface area contributed by atoms with Crippen LogP contribution in [0.15, 0.2) is 45.6 Å². The van der Waals surface area contributed by atoms with Crippen LogP contribution in [0.5, 0.6) is 5.75 Å². The highest BCUT2D eigenvalue weighted by Crippen LogP contribution is 2.30. The predicted octanol–water partition coefficient (Wildman–Crippen LogP) is 2.93. The molecule has 3 aromatic rings. The number of aryl methyl sites for hydroxylation is 1. The van der Waals surface area contributed by atoms with Crippen LogP contribution in [0.3, 0.4) is 0 Å². The van der Waals surface area contributed by atoms with E-state index in [0.29, 0.717) is 22.8 Å². The molecular weight excluding hydrogens is 308 g/mol. The predicted molar refractivity (Wildman–Crippen MR) is 90.4 cm³/mol. The number of para-hydroxylation sites is 1. The molecule has 124 valence electrons. The van der Waals surface area contributed by atoms with Crippen LogP contribution in [0.4, 0.5) is 0 Å². The fourth-order valence-electron chi connectivity index (χ4n) is 2.53. The number of benzene rings is 1. The third-order valence-corrected chi connectivity index (χ3v) is 3.82. The number of H-pyrrole nitrogens is 1. The number of fused-ring (bicyclic) bond motifs is 1. The molecule has 2 N–H and O–H groups in total. The van der Waals surface area contributed by atoms with Crippen molar-refractivity contribution in [1.82, 2.24) is 10.3 Å². The van der Waals surface area contributed by atoms with E-state index in [4.69, 9.17) is 9.15 Å². The van der Waals surface area contributed by atoms with Gasteiger partial charge < -0.3 is 19.5 Å². The topological polar surface area (TPSA) is 84.3 Å². The summed E-state index contributed by atoms with van der Waals surface area (Å²) in [5, 5.41) is 3.67. The lowest BCUT2D eigenvalue weighted by atomic mass is 10.2. The Kier molecular flexibility index (Phi) is 4.12. The van der Waals surface area contributed by atoms with Crippen molar-refractivity contribution < 1.29 is 13.9 Å². The summed E-state index contributed by atoms with van der Waals surface area (Å²) in [6.45, 7) is 3.55. The number of hydrogen-bond donors (Lipinski definition) is 2. The zero-order chi connectivity index (χ0) is 17.3. The molecule has 1 atom stereocenters. The van der Waals surface area contributed by atoms with Crippen molar-refractivity contribution in [2.75, 3.05) is 7.11 Å². The smallest absolute Gasteiger partial charge is 0.260 e. The Hall–Kier alpha value is -3.02. The number of pyridine rings is 1. The lowest BCUT2D eigenvalue weighted by Gasteiger charge is -2.11. The largest absolute Gasteiger partial charge is 0.493 e. The molecule has 0 bridgehead atoms. The van der Waals surface area contributed by atoms with Crippen LogP contribution in [-0.2, 0) is 0 Å². The molecule has 0 aliphatic carbocycles. The molecule has 0 aliphatic heterocycles. The van der Waals surface area contributed by atoms with Crippen LogP contribution >= 0.6 is 0 Å². The summed E-state index contributed by atoms with van der Waals surface area (Å²) in [5.41, 5.74) is 0.991. The Labute approximate surface area is 138 Å². The van der Waals surface area contributed by atoms with Gasteiger partial charge in [-0.2, -0.15) is 0 Å². The van der Waals surface area contributed by atoms with Crippen LogP contribution in [0.1, 0.15) is 34.8 Å². The summed E-state index contributed by atoms with van der Waals surface area (Å²) in [6, 6.07) is 10.2. The van der Waals surface area contributed by atoms with E-state index in [1.807, 2.05) is 24.3 Å². The molecule has 3 rings (SSSR count). The second-order valence-electron chi connectivity index (χ2n) is 5.61. The Morgan fingerprint density at radius 2 is 2.08 bits per heavy atom. The monoisotopic (exact) mass is 326 g/mol. The molecule has 6 nitrogen and oxygen atoms in total. The van der Waals surface area contributed by atoms with E-state index < -0.39 is 17.5 Å². The zero-order valence-corrected chi connectivity index (χ0v) is 13.7. The van der Waals surface area contributed by atoms with Gasteiger partial charge in [-0.25, -0.2) is 0 Å². The summed E-state index contributed by atoms with van der Waals surface area (Å²) in [7, 11) is 1.58. The van der Waals surface area contributed by atoms with Crippen molar-refractivity contribution in [3.63, 3.8) is 0 Å². The van der Waals surface area contributed by atoms with Gasteiger partial charge in [0, 0.05) is 11.1 Å². The first-order chi connectivity index (χ1) is 11.5. The summed E-state index contributed by atoms with van der Waals surface area (Å²) in [4.78, 5) is 26.8. The maximum Gasteiger partial charge on any atom is 0.260 e. The number of methoxy groups -OCH3 is 1. The van der Waals surface area contributed by atoms with Crippen molar-refractivity contribution in [2.45, 2.75) is 19.9 Å². The van der Waals surface area contributed by atoms with E-state index in [-0.39, 0.29) is 5.56 Å². The van der Waals surface area contributed by atoms with E-state index in [0.717, 1.165) is 5.39 Å². The number of carbonyl (C=O) groups excluding carboxylic acids is 1. The van der Waals surface area contributed by atoms with E-state index in [9.17, 15) is 9.59 Å². The van der Waals surface area contributed by atoms with Crippen LogP contribution in [-0.4, -0.2) is 18.0 Å². The summed E-state index contributed by atoms with van der Waals surface area (Å²) in [5.74, 6) is 0.773. The number of aromatic amines is 1. The molecule has 0 aliphatic rings. The van der Waals surface area contributed by atoms with E-state index in [1.54, 1.807) is 27.0 Å². The van der Waals surface area contributed by atoms with E-state index in [2.05, 4.69) is 10.3 Å². The number of aromatic nitrogens is 1. The van der Waals surface area contributed by atoms with Gasteiger partial charge in [0.1, 0.15) is 11.3 Å². The Bertz CT molecular complexity index is 955. The molecule has 6 heteroatoms. The quantitative estimate of drug-likeness (QED) is 0.772. The minimum Gasteiger partial charge on any atom is -0.493 e. The standard InChI is InChI=1S/C18H18N2O4/c1-10-7-8-13(17(21)19-10)18(22)20-11(2)15-9-12-5-4-6-14(23-3)16(12)24-15/h4-9,11H,1-3H3,(H,19,21)(H,20,22). The maximum absolute atomic E-state index is 12.3. The van der Waals surface area contributed by atoms with Crippen molar-refractivity contribution in [3.05, 3.63) is 63.8 Å². The van der Waals surface area contributed by atoms with Gasteiger partial charge in [0.15, 0.2) is 11.3 Å². The van der Waals surface area contributed by atoms with Gasteiger partial charge in [0.05, 0.1) is 13.2 Å². The van der Waals surface area contributed by atoms with Crippen molar-refractivity contribution >= 4 is 16.9 Å². The van der Waals surface area contributed by atoms with Gasteiger partial charge in [0.2, 0.25) is 0 Å². The lowest BCUT2D eigenvalue weighted by molar-refractivity contribution is 0.0934. The fourth-order valence-corrected chi connectivity index (χ4v) is 2.53. The van der Waals surface area contributed by atoms with Gasteiger partial charge in [-0.1, -0.05) is 12.1 Å². The van der Waals surface area contributed by atoms with Gasteiger partial charge in [-0.15, -0.1) is 0 Å². The first kappa shape index (κ1) is 15.9. The number of nitrogens with one attached hydrogen (secondary N) is 2. The van der Waals surface area contributed by atoms with E-state index in [1.165, 1.54) is 6.07 Å². The van der Waals surface area contributed by atoms with Crippen LogP contribution in [0, 0.1) is 6.92 Å². The minimum absolute atomic E-state index is 0.0705. The molecule has 0 fully saturated rings. The summed E-state index contributed by atoms with van der Waals surface area (Å²) >= 11 is 0. The Morgan fingerprint density at radius 3 is 2.79 bits per heavy atom. The molecule has 2 aromatic heterocycles. The van der Waals surface area contributed by atoms with Crippen molar-refractivity contribution in [3.8, 4) is 5.75 Å². The third-order valence-electron chi connectivity index (χ3n) is 3.82. The zero-order valence-electron chi connectivity index (χ0n) is 13.7. The fraction of sp³-hybridized carbons (Fsp3) is 0.222. The molecule has 2 heterocycles. The summed E-state index contributed by atoms with van der Waals surface area (Å²) in [6.07, 6.45) is 0. The molecule has 0 saturated carbocycles. The highest BCUT2D eigenvalue weighted by atomic mass is 16.5. The van der Waals surface area contributed by atoms with Gasteiger partial charge >= 0.3 is 0 Å².